The maximum absolute atomic E-state index is 13.8. The van der Waals surface area contributed by atoms with Gasteiger partial charge in [0.25, 0.3) is 5.91 Å². The van der Waals surface area contributed by atoms with Gasteiger partial charge < -0.3 is 14.8 Å². The van der Waals surface area contributed by atoms with Crippen LogP contribution >= 0.6 is 0 Å². The van der Waals surface area contributed by atoms with E-state index in [0.29, 0.717) is 37.7 Å². The van der Waals surface area contributed by atoms with Crippen LogP contribution in [0.25, 0.3) is 10.9 Å². The lowest BCUT2D eigenvalue weighted by Gasteiger charge is -2.43. The maximum atomic E-state index is 13.8. The number of amides is 2. The first kappa shape index (κ1) is 33.3. The Bertz CT molecular complexity index is 1540. The highest BCUT2D eigenvalue weighted by Crippen LogP contribution is 2.37. The van der Waals surface area contributed by atoms with Crippen LogP contribution in [0.5, 0.6) is 0 Å². The molecule has 2 aliphatic heterocycles. The largest absolute Gasteiger partial charge is 0.416 e. The fraction of sp³-hybridized carbons (Fsp3) is 0.529. The molecule has 3 fully saturated rings. The van der Waals surface area contributed by atoms with Crippen LogP contribution in [0.2, 0.25) is 0 Å². The topological polar surface area (TPSA) is 62.9 Å². The van der Waals surface area contributed by atoms with Crippen LogP contribution in [0, 0.1) is 0 Å². The second-order valence-corrected chi connectivity index (χ2v) is 13.0. The molecular weight excluding hydrogens is 624 g/mol. The molecule has 0 bridgehead atoms. The average Bonchev–Trinajstić information content (AvgIpc) is 3.46. The molecule has 0 spiro atoms. The Kier molecular flexibility index (Phi) is 9.57. The summed E-state index contributed by atoms with van der Waals surface area (Å²) in [5.74, 6) is -0.928. The Morgan fingerprint density at radius 1 is 0.809 bits per heavy atom. The first-order chi connectivity index (χ1) is 22.4. The van der Waals surface area contributed by atoms with Crippen LogP contribution in [-0.4, -0.2) is 101 Å². The third-order valence-corrected chi connectivity index (χ3v) is 9.91. The number of benzene rings is 2. The standard InChI is InChI=1S/C34H39F6N5O2/c35-33(36,37)25-16-23(17-26(19-25)34(38,39)40)32(47)45-15-10-42(21-28(45)18-24-20-41-30-9-5-4-8-29(24)30)22-31(46)44-13-11-43(12-14-44)27-6-2-1-3-7-27/h4-5,8-9,16-17,19-20,27-28,41H,1-3,6-7,10-15,18,21-22H2. The van der Waals surface area contributed by atoms with Crippen LogP contribution in [-0.2, 0) is 23.6 Å². The number of fused-ring (bicyclic) bond motifs is 1. The molecular formula is C34H39F6N5O2. The molecule has 2 amide bonds. The van der Waals surface area contributed by atoms with Gasteiger partial charge in [-0.1, -0.05) is 37.5 Å². The molecule has 1 atom stereocenters. The minimum Gasteiger partial charge on any atom is -0.361 e. The highest BCUT2D eigenvalue weighted by Gasteiger charge is 2.40. The number of aromatic amines is 1. The normalized spacial score (nSPS) is 21.0. The predicted octanol–water partition coefficient (Wildman–Crippen LogP) is 6.05. The van der Waals surface area contributed by atoms with Gasteiger partial charge in [0, 0.05) is 80.6 Å². The molecule has 3 aliphatic rings. The zero-order valence-corrected chi connectivity index (χ0v) is 26.0. The van der Waals surface area contributed by atoms with Gasteiger partial charge in [0.05, 0.1) is 17.7 Å². The van der Waals surface area contributed by atoms with Gasteiger partial charge in [-0.2, -0.15) is 26.3 Å². The van der Waals surface area contributed by atoms with E-state index in [-0.39, 0.29) is 38.2 Å². The van der Waals surface area contributed by atoms with E-state index in [2.05, 4.69) is 9.88 Å². The smallest absolute Gasteiger partial charge is 0.361 e. The number of H-pyrrole nitrogens is 1. The second kappa shape index (κ2) is 13.5. The number of piperazine rings is 2. The quantitative estimate of drug-likeness (QED) is 0.327. The molecule has 1 saturated carbocycles. The third-order valence-electron chi connectivity index (χ3n) is 9.91. The van der Waals surface area contributed by atoms with Gasteiger partial charge in [-0.3, -0.25) is 19.4 Å². The monoisotopic (exact) mass is 663 g/mol. The van der Waals surface area contributed by atoms with Gasteiger partial charge in [-0.05, 0) is 49.1 Å². The number of para-hydroxylation sites is 1. The zero-order valence-electron chi connectivity index (χ0n) is 26.0. The summed E-state index contributed by atoms with van der Waals surface area (Å²) >= 11 is 0. The fourth-order valence-electron chi connectivity index (χ4n) is 7.38. The van der Waals surface area contributed by atoms with E-state index in [4.69, 9.17) is 0 Å². The van der Waals surface area contributed by atoms with E-state index < -0.39 is 41.0 Å². The Labute approximate surface area is 269 Å². The molecule has 6 rings (SSSR count). The van der Waals surface area contributed by atoms with Crippen molar-refractivity contribution in [3.8, 4) is 0 Å². The van der Waals surface area contributed by atoms with Crippen molar-refractivity contribution in [1.82, 2.24) is 24.6 Å². The summed E-state index contributed by atoms with van der Waals surface area (Å²) in [4.78, 5) is 38.0. The molecule has 7 nitrogen and oxygen atoms in total. The van der Waals surface area contributed by atoms with Gasteiger partial charge in [-0.25, -0.2) is 0 Å². The Morgan fingerprint density at radius 2 is 1.47 bits per heavy atom. The van der Waals surface area contributed by atoms with Crippen molar-refractivity contribution in [2.24, 2.45) is 0 Å². The van der Waals surface area contributed by atoms with Crippen molar-refractivity contribution in [2.45, 2.75) is 63.0 Å². The van der Waals surface area contributed by atoms with Crippen molar-refractivity contribution in [3.63, 3.8) is 0 Å². The molecule has 13 heteroatoms. The minimum absolute atomic E-state index is 0.0217. The van der Waals surface area contributed by atoms with E-state index in [9.17, 15) is 35.9 Å². The summed E-state index contributed by atoms with van der Waals surface area (Å²) in [5, 5.41) is 0.905. The Hall–Kier alpha value is -3.58. The number of halogens is 6. The number of nitrogens with one attached hydrogen (secondary N) is 1. The molecule has 1 aliphatic carbocycles. The second-order valence-electron chi connectivity index (χ2n) is 13.0. The van der Waals surface area contributed by atoms with E-state index in [1.165, 1.54) is 37.0 Å². The van der Waals surface area contributed by atoms with E-state index >= 15 is 0 Å². The SMILES string of the molecule is O=C(CN1CCN(C(=O)c2cc(C(F)(F)F)cc(C(F)(F)F)c2)C(Cc2c[nH]c3ccccc23)C1)N1CCN(C2CCCCC2)CC1. The Balaban J connectivity index is 1.20. The Morgan fingerprint density at radius 3 is 2.13 bits per heavy atom. The summed E-state index contributed by atoms with van der Waals surface area (Å²) < 4.78 is 81.7. The van der Waals surface area contributed by atoms with Crippen LogP contribution in [0.15, 0.2) is 48.7 Å². The maximum Gasteiger partial charge on any atom is 0.416 e. The number of hydrogen-bond donors (Lipinski definition) is 1. The van der Waals surface area contributed by atoms with Crippen LogP contribution in [0.3, 0.4) is 0 Å². The summed E-state index contributed by atoms with van der Waals surface area (Å²) in [6.07, 6.45) is -1.87. The van der Waals surface area contributed by atoms with Crippen molar-refractivity contribution in [1.29, 1.82) is 0 Å². The van der Waals surface area contributed by atoms with Crippen molar-refractivity contribution in [2.75, 3.05) is 52.4 Å². The number of carbonyl (C=O) groups is 2. The lowest BCUT2D eigenvalue weighted by Crippen LogP contribution is -2.59. The number of nitrogens with zero attached hydrogens (tertiary/aromatic N) is 4. The first-order valence-corrected chi connectivity index (χ1v) is 16.3. The highest BCUT2D eigenvalue weighted by molar-refractivity contribution is 5.95. The van der Waals surface area contributed by atoms with Crippen molar-refractivity contribution in [3.05, 3.63) is 70.9 Å². The number of alkyl halides is 6. The van der Waals surface area contributed by atoms with Crippen molar-refractivity contribution < 1.29 is 35.9 Å². The van der Waals surface area contributed by atoms with Crippen LogP contribution < -0.4 is 0 Å². The molecule has 1 N–H and O–H groups in total. The molecule has 2 saturated heterocycles. The van der Waals surface area contributed by atoms with E-state index in [1.807, 2.05) is 34.1 Å². The first-order valence-electron chi connectivity index (χ1n) is 16.3. The molecule has 3 heterocycles. The highest BCUT2D eigenvalue weighted by atomic mass is 19.4. The van der Waals surface area contributed by atoms with Gasteiger partial charge in [0.15, 0.2) is 0 Å². The fourth-order valence-corrected chi connectivity index (χ4v) is 7.38. The summed E-state index contributed by atoms with van der Waals surface area (Å²) in [6, 6.07) is 8.52. The number of carbonyl (C=O) groups excluding carboxylic acids is 2. The van der Waals surface area contributed by atoms with E-state index in [1.54, 1.807) is 6.20 Å². The van der Waals surface area contributed by atoms with Crippen LogP contribution in [0.4, 0.5) is 26.3 Å². The molecule has 0 radical (unpaired) electrons. The molecule has 254 valence electrons. The zero-order chi connectivity index (χ0) is 33.3. The molecule has 3 aromatic rings. The molecule has 47 heavy (non-hydrogen) atoms. The lowest BCUT2D eigenvalue weighted by atomic mass is 9.94. The summed E-state index contributed by atoms with van der Waals surface area (Å²) in [6.45, 7) is 3.62. The van der Waals surface area contributed by atoms with Gasteiger partial charge in [0.2, 0.25) is 5.91 Å². The molecule has 1 unspecified atom stereocenters. The molecule has 1 aromatic heterocycles. The van der Waals surface area contributed by atoms with Gasteiger partial charge >= 0.3 is 12.4 Å². The number of hydrogen-bond acceptors (Lipinski definition) is 4. The predicted molar refractivity (Wildman–Crippen MR) is 165 cm³/mol. The van der Waals surface area contributed by atoms with Crippen molar-refractivity contribution >= 4 is 22.7 Å². The summed E-state index contributed by atoms with van der Waals surface area (Å²) in [7, 11) is 0. The van der Waals surface area contributed by atoms with E-state index in [0.717, 1.165) is 29.6 Å². The lowest BCUT2D eigenvalue weighted by molar-refractivity contribution is -0.143. The minimum atomic E-state index is -5.07. The number of aromatic nitrogens is 1. The van der Waals surface area contributed by atoms with Gasteiger partial charge in [0.1, 0.15) is 0 Å². The number of rotatable bonds is 6. The molecule has 2 aromatic carbocycles. The summed E-state index contributed by atoms with van der Waals surface area (Å²) in [5.41, 5.74) is -2.01. The van der Waals surface area contributed by atoms with Crippen LogP contribution in [0.1, 0.15) is 59.2 Å². The third kappa shape index (κ3) is 7.61. The van der Waals surface area contributed by atoms with Gasteiger partial charge in [-0.15, -0.1) is 0 Å². The average molecular weight is 664 g/mol.